The van der Waals surface area contributed by atoms with Crippen molar-refractivity contribution in [2.75, 3.05) is 38.7 Å². The fraction of sp³-hybridized carbons (Fsp3) is 0.375. The van der Waals surface area contributed by atoms with Gasteiger partial charge in [0, 0.05) is 55.4 Å². The fourth-order valence-corrected chi connectivity index (χ4v) is 3.58. The third kappa shape index (κ3) is 6.00. The van der Waals surface area contributed by atoms with E-state index in [-0.39, 0.29) is 6.61 Å². The topological polar surface area (TPSA) is 101 Å². The minimum atomic E-state index is -0.580. The van der Waals surface area contributed by atoms with Gasteiger partial charge in [-0.25, -0.2) is 9.97 Å². The van der Waals surface area contributed by atoms with Crippen molar-refractivity contribution in [2.24, 2.45) is 0 Å². The van der Waals surface area contributed by atoms with Crippen molar-refractivity contribution in [2.45, 2.75) is 25.0 Å². The Bertz CT molecular complexity index is 996. The van der Waals surface area contributed by atoms with Crippen molar-refractivity contribution < 1.29 is 14.6 Å². The number of ether oxygens (including phenoxy) is 2. The summed E-state index contributed by atoms with van der Waals surface area (Å²) in [6.45, 7) is 2.18. The molecule has 3 heterocycles. The molecule has 1 aliphatic heterocycles. The van der Waals surface area contributed by atoms with Crippen LogP contribution >= 0.6 is 0 Å². The second-order valence-electron chi connectivity index (χ2n) is 7.79. The Balaban J connectivity index is 1.62. The van der Waals surface area contributed by atoms with Gasteiger partial charge >= 0.3 is 0 Å². The molecule has 0 aliphatic carbocycles. The Kier molecular flexibility index (Phi) is 7.60. The molecule has 1 unspecified atom stereocenters. The Morgan fingerprint density at radius 2 is 1.97 bits per heavy atom. The number of nitrogens with zero attached hydrogens (tertiary/aromatic N) is 3. The summed E-state index contributed by atoms with van der Waals surface area (Å²) in [5.41, 5.74) is 2.56. The number of hydrogen-bond donors (Lipinski definition) is 3. The molecule has 0 saturated carbocycles. The summed E-state index contributed by atoms with van der Waals surface area (Å²) in [6.07, 6.45) is 4.85. The number of nitrogens with one attached hydrogen (secondary N) is 2. The monoisotopic (exact) mass is 435 g/mol. The first-order valence-corrected chi connectivity index (χ1v) is 10.9. The molecule has 0 amide bonds. The van der Waals surface area contributed by atoms with Gasteiger partial charge in [-0.2, -0.15) is 0 Å². The van der Waals surface area contributed by atoms with E-state index in [0.29, 0.717) is 24.2 Å². The van der Waals surface area contributed by atoms with Gasteiger partial charge in [0.25, 0.3) is 0 Å². The Morgan fingerprint density at radius 1 is 1.12 bits per heavy atom. The molecule has 0 spiro atoms. The zero-order valence-corrected chi connectivity index (χ0v) is 18.2. The van der Waals surface area contributed by atoms with E-state index < -0.39 is 6.10 Å². The van der Waals surface area contributed by atoms with E-state index in [1.165, 1.54) is 0 Å². The van der Waals surface area contributed by atoms with Crippen LogP contribution in [0.2, 0.25) is 0 Å². The molecule has 2 aromatic heterocycles. The molecule has 168 valence electrons. The van der Waals surface area contributed by atoms with Crippen molar-refractivity contribution in [3.8, 4) is 28.4 Å². The summed E-state index contributed by atoms with van der Waals surface area (Å²) in [5, 5.41) is 16.4. The van der Waals surface area contributed by atoms with Crippen LogP contribution in [0.4, 0.5) is 5.82 Å². The second kappa shape index (κ2) is 11.0. The van der Waals surface area contributed by atoms with Crippen LogP contribution in [0.25, 0.3) is 22.6 Å². The highest BCUT2D eigenvalue weighted by molar-refractivity contribution is 5.67. The van der Waals surface area contributed by atoms with Crippen molar-refractivity contribution in [1.29, 1.82) is 0 Å². The van der Waals surface area contributed by atoms with Crippen LogP contribution in [0, 0.1) is 0 Å². The zero-order valence-electron chi connectivity index (χ0n) is 18.2. The molecule has 1 atom stereocenters. The van der Waals surface area contributed by atoms with Crippen LogP contribution in [0.15, 0.2) is 54.9 Å². The van der Waals surface area contributed by atoms with E-state index in [0.717, 1.165) is 48.7 Å². The van der Waals surface area contributed by atoms with Gasteiger partial charge in [0.05, 0.1) is 5.69 Å². The predicted octanol–water partition coefficient (Wildman–Crippen LogP) is 2.76. The first kappa shape index (κ1) is 22.1. The lowest BCUT2D eigenvalue weighted by atomic mass is 10.1. The summed E-state index contributed by atoms with van der Waals surface area (Å²) in [6, 6.07) is 13.8. The van der Waals surface area contributed by atoms with Gasteiger partial charge in [-0.05, 0) is 44.2 Å². The van der Waals surface area contributed by atoms with E-state index >= 15 is 0 Å². The summed E-state index contributed by atoms with van der Waals surface area (Å²) < 4.78 is 11.2. The molecule has 4 rings (SSSR count). The van der Waals surface area contributed by atoms with Crippen LogP contribution in [0.3, 0.4) is 0 Å². The summed E-state index contributed by atoms with van der Waals surface area (Å²) >= 11 is 0. The quantitative estimate of drug-likeness (QED) is 0.472. The molecule has 3 aromatic rings. The molecule has 32 heavy (non-hydrogen) atoms. The molecule has 0 bridgehead atoms. The van der Waals surface area contributed by atoms with Gasteiger partial charge in [-0.15, -0.1) is 0 Å². The first-order chi connectivity index (χ1) is 15.7. The van der Waals surface area contributed by atoms with Gasteiger partial charge < -0.3 is 25.2 Å². The number of aliphatic hydroxyl groups is 1. The summed E-state index contributed by atoms with van der Waals surface area (Å²) in [4.78, 5) is 13.8. The Morgan fingerprint density at radius 3 is 2.75 bits per heavy atom. The minimum absolute atomic E-state index is 0.206. The standard InChI is InChI=1S/C24H29N5O3/c1-25-15-20(30)16-32-21-6-2-4-17(12-21)24-28-22(18-5-3-9-26-14-18)13-23(29-24)27-19-7-10-31-11-8-19/h2-6,9,12-14,19-20,25,30H,7-8,10-11,15-16H2,1H3,(H,27,28,29). The number of anilines is 1. The zero-order chi connectivity index (χ0) is 22.2. The fourth-order valence-electron chi connectivity index (χ4n) is 3.58. The van der Waals surface area contributed by atoms with Crippen molar-refractivity contribution in [1.82, 2.24) is 20.3 Å². The largest absolute Gasteiger partial charge is 0.491 e. The Labute approximate surface area is 188 Å². The van der Waals surface area contributed by atoms with E-state index in [4.69, 9.17) is 19.4 Å². The van der Waals surface area contributed by atoms with E-state index in [2.05, 4.69) is 15.6 Å². The molecule has 8 nitrogen and oxygen atoms in total. The lowest BCUT2D eigenvalue weighted by Crippen LogP contribution is -2.29. The highest BCUT2D eigenvalue weighted by Crippen LogP contribution is 2.27. The van der Waals surface area contributed by atoms with E-state index in [1.54, 1.807) is 19.4 Å². The summed E-state index contributed by atoms with van der Waals surface area (Å²) in [5.74, 6) is 2.03. The lowest BCUT2D eigenvalue weighted by Gasteiger charge is -2.24. The molecule has 3 N–H and O–H groups in total. The van der Waals surface area contributed by atoms with E-state index in [1.807, 2.05) is 42.5 Å². The van der Waals surface area contributed by atoms with Gasteiger partial charge in [-0.1, -0.05) is 12.1 Å². The van der Waals surface area contributed by atoms with Crippen LogP contribution < -0.4 is 15.4 Å². The number of benzene rings is 1. The highest BCUT2D eigenvalue weighted by atomic mass is 16.5. The maximum Gasteiger partial charge on any atom is 0.162 e. The predicted molar refractivity (Wildman–Crippen MR) is 124 cm³/mol. The van der Waals surface area contributed by atoms with Gasteiger partial charge in [0.1, 0.15) is 24.3 Å². The normalized spacial score (nSPS) is 15.3. The van der Waals surface area contributed by atoms with Gasteiger partial charge in [0.15, 0.2) is 5.82 Å². The van der Waals surface area contributed by atoms with Gasteiger partial charge in [0.2, 0.25) is 0 Å². The number of aliphatic hydroxyl groups excluding tert-OH is 1. The lowest BCUT2D eigenvalue weighted by molar-refractivity contribution is 0.0904. The van der Waals surface area contributed by atoms with Gasteiger partial charge in [-0.3, -0.25) is 4.98 Å². The average molecular weight is 436 g/mol. The molecule has 1 aliphatic rings. The Hall–Kier alpha value is -3.07. The second-order valence-corrected chi connectivity index (χ2v) is 7.79. The first-order valence-electron chi connectivity index (χ1n) is 10.9. The van der Waals surface area contributed by atoms with E-state index in [9.17, 15) is 5.11 Å². The maximum absolute atomic E-state index is 9.92. The van der Waals surface area contributed by atoms with Crippen molar-refractivity contribution in [3.05, 3.63) is 54.9 Å². The molecule has 1 saturated heterocycles. The third-order valence-electron chi connectivity index (χ3n) is 5.23. The maximum atomic E-state index is 9.92. The smallest absolute Gasteiger partial charge is 0.162 e. The van der Waals surface area contributed by atoms with Crippen LogP contribution in [0.5, 0.6) is 5.75 Å². The van der Waals surface area contributed by atoms with Crippen LogP contribution in [0.1, 0.15) is 12.8 Å². The number of rotatable bonds is 9. The molecule has 0 radical (unpaired) electrons. The number of hydrogen-bond acceptors (Lipinski definition) is 8. The third-order valence-corrected chi connectivity index (χ3v) is 5.23. The van der Waals surface area contributed by atoms with Crippen molar-refractivity contribution in [3.63, 3.8) is 0 Å². The molecule has 1 fully saturated rings. The molecule has 8 heteroatoms. The minimum Gasteiger partial charge on any atom is -0.491 e. The van der Waals surface area contributed by atoms with Crippen molar-refractivity contribution >= 4 is 5.82 Å². The average Bonchev–Trinajstić information content (AvgIpc) is 2.84. The van der Waals surface area contributed by atoms with Crippen LogP contribution in [-0.2, 0) is 4.74 Å². The van der Waals surface area contributed by atoms with Crippen LogP contribution in [-0.4, -0.2) is 65.6 Å². The molecule has 1 aromatic carbocycles. The number of likely N-dealkylation sites (N-methyl/N-ethyl adjacent to an activating group) is 1. The molecular weight excluding hydrogens is 406 g/mol. The highest BCUT2D eigenvalue weighted by Gasteiger charge is 2.16. The molecular formula is C24H29N5O3. The number of pyridine rings is 1. The number of aromatic nitrogens is 3. The summed E-state index contributed by atoms with van der Waals surface area (Å²) in [7, 11) is 1.79. The SMILES string of the molecule is CNCC(O)COc1cccc(-c2nc(NC3CCOCC3)cc(-c3cccnc3)n2)c1.